The van der Waals surface area contributed by atoms with Crippen molar-refractivity contribution in [1.82, 2.24) is 4.90 Å². The number of ether oxygens (including phenoxy) is 1. The van der Waals surface area contributed by atoms with Gasteiger partial charge in [-0.15, -0.1) is 0 Å². The van der Waals surface area contributed by atoms with Crippen LogP contribution in [0.5, 0.6) is 5.75 Å². The Bertz CT molecular complexity index is 850. The number of hydrogen-bond donors (Lipinski definition) is 2. The van der Waals surface area contributed by atoms with Gasteiger partial charge in [0.1, 0.15) is 5.82 Å². The molecule has 2 aromatic rings. The van der Waals surface area contributed by atoms with Crippen molar-refractivity contribution >= 4 is 17.5 Å². The van der Waals surface area contributed by atoms with E-state index >= 15 is 0 Å². The molecule has 1 aliphatic heterocycles. The molecular weight excluding hydrogens is 368 g/mol. The first-order valence-electron chi connectivity index (χ1n) is 8.98. The van der Waals surface area contributed by atoms with Gasteiger partial charge in [0.2, 0.25) is 0 Å². The minimum atomic E-state index is -0.574. The predicted molar refractivity (Wildman–Crippen MR) is 99.4 cm³/mol. The molecule has 6 nitrogen and oxygen atoms in total. The first-order chi connectivity index (χ1) is 13.5. The van der Waals surface area contributed by atoms with Gasteiger partial charge in [-0.05, 0) is 42.5 Å². The highest BCUT2D eigenvalue weighted by molar-refractivity contribution is 5.94. The van der Waals surface area contributed by atoms with Crippen molar-refractivity contribution in [2.45, 2.75) is 0 Å². The van der Waals surface area contributed by atoms with E-state index in [1.807, 2.05) is 0 Å². The molecule has 1 saturated heterocycles. The lowest BCUT2D eigenvalue weighted by Crippen LogP contribution is -3.15. The molecular formula is C20H22F2N3O3+. The molecule has 0 unspecified atom stereocenters. The van der Waals surface area contributed by atoms with Crippen LogP contribution < -0.4 is 15.0 Å². The highest BCUT2D eigenvalue weighted by Crippen LogP contribution is 2.18. The van der Waals surface area contributed by atoms with Crippen LogP contribution in [0.1, 0.15) is 10.4 Å². The summed E-state index contributed by atoms with van der Waals surface area (Å²) in [7, 11) is 1.37. The second-order valence-corrected chi connectivity index (χ2v) is 6.62. The molecule has 8 heteroatoms. The number of nitrogens with one attached hydrogen (secondary N) is 2. The highest BCUT2D eigenvalue weighted by Gasteiger charge is 2.26. The number of carbonyl (C=O) groups is 2. The van der Waals surface area contributed by atoms with Gasteiger partial charge in [-0.1, -0.05) is 0 Å². The monoisotopic (exact) mass is 390 g/mol. The fourth-order valence-corrected chi connectivity index (χ4v) is 3.15. The standard InChI is InChI=1S/C20H21F2N3O3/c1-28-18-7-2-14(12-17(18)22)20(27)25-10-8-24(9-11-25)13-19(26)23-16-5-3-15(21)4-6-16/h2-7,12H,8-11,13H2,1H3,(H,23,26)/p+1. The van der Waals surface area contributed by atoms with Crippen molar-refractivity contribution in [3.05, 3.63) is 59.7 Å². The molecule has 0 bridgehead atoms. The molecule has 28 heavy (non-hydrogen) atoms. The van der Waals surface area contributed by atoms with Crippen LogP contribution in [0, 0.1) is 11.6 Å². The SMILES string of the molecule is COc1ccc(C(=O)N2CC[NH+](CC(=O)Nc3ccc(F)cc3)CC2)cc1F. The van der Waals surface area contributed by atoms with Gasteiger partial charge in [0.25, 0.3) is 11.8 Å². The topological polar surface area (TPSA) is 63.1 Å². The Kier molecular flexibility index (Phi) is 6.20. The van der Waals surface area contributed by atoms with Crippen LogP contribution in [-0.4, -0.2) is 56.5 Å². The van der Waals surface area contributed by atoms with E-state index in [0.717, 1.165) is 4.90 Å². The summed E-state index contributed by atoms with van der Waals surface area (Å²) in [6.07, 6.45) is 0. The summed E-state index contributed by atoms with van der Waals surface area (Å²) in [5.74, 6) is -1.25. The second kappa shape index (κ2) is 8.79. The number of carbonyl (C=O) groups excluding carboxylic acids is 2. The number of hydrogen-bond acceptors (Lipinski definition) is 3. The number of amides is 2. The average molecular weight is 390 g/mol. The molecule has 3 rings (SSSR count). The lowest BCUT2D eigenvalue weighted by Gasteiger charge is -2.32. The van der Waals surface area contributed by atoms with Crippen LogP contribution in [0.3, 0.4) is 0 Å². The first kappa shape index (κ1) is 19.8. The van der Waals surface area contributed by atoms with E-state index < -0.39 is 5.82 Å². The summed E-state index contributed by atoms with van der Waals surface area (Å²) < 4.78 is 31.6. The number of anilines is 1. The van der Waals surface area contributed by atoms with Crippen molar-refractivity contribution in [2.75, 3.05) is 45.2 Å². The Balaban J connectivity index is 1.49. The number of halogens is 2. The molecule has 1 fully saturated rings. The van der Waals surface area contributed by atoms with Crippen molar-refractivity contribution in [2.24, 2.45) is 0 Å². The Labute approximate surface area is 161 Å². The Hall–Kier alpha value is -3.00. The van der Waals surface area contributed by atoms with Crippen LogP contribution in [-0.2, 0) is 4.79 Å². The van der Waals surface area contributed by atoms with E-state index in [1.54, 1.807) is 11.0 Å². The van der Waals surface area contributed by atoms with Gasteiger partial charge in [0.15, 0.2) is 18.1 Å². The predicted octanol–water partition coefficient (Wildman–Crippen LogP) is 0.953. The summed E-state index contributed by atoms with van der Waals surface area (Å²) >= 11 is 0. The van der Waals surface area contributed by atoms with Gasteiger partial charge < -0.3 is 19.9 Å². The highest BCUT2D eigenvalue weighted by atomic mass is 19.1. The maximum Gasteiger partial charge on any atom is 0.279 e. The third-order valence-corrected chi connectivity index (χ3v) is 4.70. The van der Waals surface area contributed by atoms with Crippen molar-refractivity contribution in [3.63, 3.8) is 0 Å². The Morgan fingerprint density at radius 2 is 1.79 bits per heavy atom. The average Bonchev–Trinajstić information content (AvgIpc) is 2.69. The quantitative estimate of drug-likeness (QED) is 0.799. The minimum absolute atomic E-state index is 0.0954. The molecule has 148 valence electrons. The molecule has 0 atom stereocenters. The zero-order valence-electron chi connectivity index (χ0n) is 15.5. The molecule has 0 aromatic heterocycles. The van der Waals surface area contributed by atoms with Crippen LogP contribution >= 0.6 is 0 Å². The van der Waals surface area contributed by atoms with E-state index in [4.69, 9.17) is 4.74 Å². The number of quaternary nitrogens is 1. The molecule has 0 aliphatic carbocycles. The van der Waals surface area contributed by atoms with Gasteiger partial charge in [-0.25, -0.2) is 8.78 Å². The van der Waals surface area contributed by atoms with Crippen LogP contribution in [0.2, 0.25) is 0 Å². The molecule has 0 saturated carbocycles. The number of methoxy groups -OCH3 is 1. The van der Waals surface area contributed by atoms with E-state index in [1.165, 1.54) is 43.5 Å². The maximum absolute atomic E-state index is 13.8. The third kappa shape index (κ3) is 4.83. The van der Waals surface area contributed by atoms with Gasteiger partial charge >= 0.3 is 0 Å². The summed E-state index contributed by atoms with van der Waals surface area (Å²) in [6, 6.07) is 9.74. The van der Waals surface area contributed by atoms with Gasteiger partial charge in [0.05, 0.1) is 33.3 Å². The smallest absolute Gasteiger partial charge is 0.279 e. The Morgan fingerprint density at radius 3 is 2.39 bits per heavy atom. The fraction of sp³-hybridized carbons (Fsp3) is 0.300. The van der Waals surface area contributed by atoms with Crippen molar-refractivity contribution < 1.29 is 28.0 Å². The fourth-order valence-electron chi connectivity index (χ4n) is 3.15. The van der Waals surface area contributed by atoms with Crippen LogP contribution in [0.25, 0.3) is 0 Å². The number of benzene rings is 2. The summed E-state index contributed by atoms with van der Waals surface area (Å²) in [5.41, 5.74) is 0.817. The van der Waals surface area contributed by atoms with E-state index in [0.29, 0.717) is 31.9 Å². The van der Waals surface area contributed by atoms with Crippen LogP contribution in [0.4, 0.5) is 14.5 Å². The minimum Gasteiger partial charge on any atom is -0.494 e. The normalized spacial score (nSPS) is 14.6. The van der Waals surface area contributed by atoms with Crippen molar-refractivity contribution in [3.8, 4) is 5.75 Å². The second-order valence-electron chi connectivity index (χ2n) is 6.62. The third-order valence-electron chi connectivity index (χ3n) is 4.70. The summed E-state index contributed by atoms with van der Waals surface area (Å²) in [6.45, 7) is 2.44. The zero-order valence-corrected chi connectivity index (χ0v) is 15.5. The largest absolute Gasteiger partial charge is 0.494 e. The molecule has 2 amide bonds. The molecule has 2 aromatic carbocycles. The molecule has 1 heterocycles. The van der Waals surface area contributed by atoms with E-state index in [2.05, 4.69) is 5.32 Å². The van der Waals surface area contributed by atoms with E-state index in [9.17, 15) is 18.4 Å². The number of nitrogens with zero attached hydrogens (tertiary/aromatic N) is 1. The number of piperazine rings is 1. The zero-order chi connectivity index (χ0) is 20.1. The Morgan fingerprint density at radius 1 is 1.11 bits per heavy atom. The lowest BCUT2D eigenvalue weighted by atomic mass is 10.1. The molecule has 1 aliphatic rings. The lowest BCUT2D eigenvalue weighted by molar-refractivity contribution is -0.895. The van der Waals surface area contributed by atoms with E-state index in [-0.39, 0.29) is 35.5 Å². The van der Waals surface area contributed by atoms with Gasteiger partial charge in [0, 0.05) is 11.3 Å². The number of rotatable bonds is 5. The molecule has 0 radical (unpaired) electrons. The van der Waals surface area contributed by atoms with Crippen LogP contribution in [0.15, 0.2) is 42.5 Å². The van der Waals surface area contributed by atoms with Crippen molar-refractivity contribution in [1.29, 1.82) is 0 Å². The summed E-state index contributed by atoms with van der Waals surface area (Å²) in [5, 5.41) is 2.73. The van der Waals surface area contributed by atoms with Gasteiger partial charge in [-0.2, -0.15) is 0 Å². The molecule has 0 spiro atoms. The summed E-state index contributed by atoms with van der Waals surface area (Å²) in [4.78, 5) is 27.4. The molecule has 2 N–H and O–H groups in total. The first-order valence-corrected chi connectivity index (χ1v) is 8.98. The maximum atomic E-state index is 13.8. The van der Waals surface area contributed by atoms with Gasteiger partial charge in [-0.3, -0.25) is 9.59 Å².